The first-order chi connectivity index (χ1) is 9.29. The van der Waals surface area contributed by atoms with Gasteiger partial charge in [-0.25, -0.2) is 26.6 Å². The van der Waals surface area contributed by atoms with Crippen LogP contribution in [0.4, 0.5) is 18.9 Å². The molecular formula is C11H6ClF3N2O2S. The molecule has 1 heterocycles. The normalized spacial score (nSPS) is 11.4. The van der Waals surface area contributed by atoms with Gasteiger partial charge in [-0.1, -0.05) is 11.6 Å². The number of anilines is 1. The second-order valence-electron chi connectivity index (χ2n) is 3.66. The maximum absolute atomic E-state index is 13.4. The Bertz CT molecular complexity index is 745. The number of benzene rings is 1. The molecule has 2 aromatic rings. The molecule has 0 unspecified atom stereocenters. The first kappa shape index (κ1) is 14.6. The molecule has 0 bridgehead atoms. The van der Waals surface area contributed by atoms with Crippen LogP contribution in [0.2, 0.25) is 5.15 Å². The van der Waals surface area contributed by atoms with Crippen molar-refractivity contribution in [3.63, 3.8) is 0 Å². The molecule has 0 saturated heterocycles. The molecule has 0 aliphatic heterocycles. The Morgan fingerprint density at radius 2 is 1.70 bits per heavy atom. The number of nitrogens with zero attached hydrogens (tertiary/aromatic N) is 1. The average molecular weight is 323 g/mol. The van der Waals surface area contributed by atoms with Crippen LogP contribution in [0.15, 0.2) is 35.4 Å². The maximum Gasteiger partial charge on any atom is 0.262 e. The minimum atomic E-state index is -4.27. The van der Waals surface area contributed by atoms with Crippen LogP contribution in [0.1, 0.15) is 0 Å². The molecule has 2 rings (SSSR count). The number of nitrogens with one attached hydrogen (secondary N) is 1. The van der Waals surface area contributed by atoms with Crippen molar-refractivity contribution in [1.29, 1.82) is 0 Å². The van der Waals surface area contributed by atoms with Gasteiger partial charge in [0.1, 0.15) is 16.7 Å². The third kappa shape index (κ3) is 3.02. The van der Waals surface area contributed by atoms with Gasteiger partial charge in [-0.15, -0.1) is 0 Å². The van der Waals surface area contributed by atoms with Crippen LogP contribution in [0.3, 0.4) is 0 Å². The van der Waals surface area contributed by atoms with E-state index in [-0.39, 0.29) is 10.0 Å². The summed E-state index contributed by atoms with van der Waals surface area (Å²) in [6.07, 6.45) is 1.12. The predicted octanol–water partition coefficient (Wildman–Crippen LogP) is 2.95. The third-order valence-corrected chi connectivity index (χ3v) is 3.81. The van der Waals surface area contributed by atoms with E-state index in [1.807, 2.05) is 0 Å². The summed E-state index contributed by atoms with van der Waals surface area (Å²) in [4.78, 5) is 3.25. The quantitative estimate of drug-likeness (QED) is 0.884. The fourth-order valence-corrected chi connectivity index (χ4v) is 2.71. The molecule has 0 radical (unpaired) electrons. The monoisotopic (exact) mass is 322 g/mol. The van der Waals surface area contributed by atoms with E-state index in [1.54, 1.807) is 4.72 Å². The first-order valence-corrected chi connectivity index (χ1v) is 6.94. The Hall–Kier alpha value is -1.80. The van der Waals surface area contributed by atoms with Crippen molar-refractivity contribution < 1.29 is 21.6 Å². The van der Waals surface area contributed by atoms with Gasteiger partial charge in [0.15, 0.2) is 11.6 Å². The molecule has 106 valence electrons. The summed E-state index contributed by atoms with van der Waals surface area (Å²) >= 11 is 5.54. The minimum Gasteiger partial charge on any atom is -0.274 e. The lowest BCUT2D eigenvalue weighted by Crippen LogP contribution is -2.15. The fourth-order valence-electron chi connectivity index (χ4n) is 1.38. The van der Waals surface area contributed by atoms with Gasteiger partial charge in [-0.2, -0.15) is 0 Å². The zero-order chi connectivity index (χ0) is 14.9. The van der Waals surface area contributed by atoms with Crippen molar-refractivity contribution in [2.24, 2.45) is 0 Å². The van der Waals surface area contributed by atoms with Crippen molar-refractivity contribution in [3.8, 4) is 0 Å². The standard InChI is InChI=1S/C11H6ClF3N2O2S/c12-10-5-7(1-2-16-10)20(18,19)17-11-8(14)3-6(13)4-9(11)15/h1-5,17H. The van der Waals surface area contributed by atoms with Crippen molar-refractivity contribution >= 4 is 27.3 Å². The van der Waals surface area contributed by atoms with Gasteiger partial charge in [0.25, 0.3) is 10.0 Å². The van der Waals surface area contributed by atoms with Crippen molar-refractivity contribution in [2.45, 2.75) is 4.90 Å². The molecule has 0 amide bonds. The van der Waals surface area contributed by atoms with Crippen LogP contribution in [0.5, 0.6) is 0 Å². The summed E-state index contributed by atoms with van der Waals surface area (Å²) in [5.41, 5.74) is -0.973. The van der Waals surface area contributed by atoms with E-state index in [1.165, 1.54) is 0 Å². The van der Waals surface area contributed by atoms with Crippen molar-refractivity contribution in [3.05, 3.63) is 53.1 Å². The van der Waals surface area contributed by atoms with Crippen LogP contribution in [-0.4, -0.2) is 13.4 Å². The van der Waals surface area contributed by atoms with Crippen LogP contribution < -0.4 is 4.72 Å². The topological polar surface area (TPSA) is 59.1 Å². The Balaban J connectivity index is 2.44. The lowest BCUT2D eigenvalue weighted by atomic mass is 10.3. The molecule has 0 fully saturated rings. The lowest BCUT2D eigenvalue weighted by molar-refractivity contribution is 0.547. The fraction of sp³-hybridized carbons (Fsp3) is 0. The van der Waals surface area contributed by atoms with E-state index in [9.17, 15) is 21.6 Å². The minimum absolute atomic E-state index is 0.104. The summed E-state index contributed by atoms with van der Waals surface area (Å²) in [5, 5.41) is -0.104. The smallest absolute Gasteiger partial charge is 0.262 e. The molecule has 9 heteroatoms. The molecule has 4 nitrogen and oxygen atoms in total. The molecular weight excluding hydrogens is 317 g/mol. The summed E-state index contributed by atoms with van der Waals surface area (Å²) in [7, 11) is -4.27. The average Bonchev–Trinajstić information content (AvgIpc) is 2.34. The summed E-state index contributed by atoms with van der Waals surface area (Å²) in [6.45, 7) is 0. The third-order valence-electron chi connectivity index (χ3n) is 2.25. The molecule has 20 heavy (non-hydrogen) atoms. The zero-order valence-corrected chi connectivity index (χ0v) is 11.1. The number of halogens is 4. The van der Waals surface area contributed by atoms with Crippen LogP contribution in [0.25, 0.3) is 0 Å². The van der Waals surface area contributed by atoms with Gasteiger partial charge in [0.05, 0.1) is 4.90 Å². The molecule has 0 atom stereocenters. The number of rotatable bonds is 3. The molecule has 1 aromatic carbocycles. The van der Waals surface area contributed by atoms with E-state index in [0.29, 0.717) is 12.1 Å². The maximum atomic E-state index is 13.4. The Morgan fingerprint density at radius 3 is 2.25 bits per heavy atom. The predicted molar refractivity (Wildman–Crippen MR) is 66.4 cm³/mol. The van der Waals surface area contributed by atoms with Crippen LogP contribution >= 0.6 is 11.6 Å². The first-order valence-electron chi connectivity index (χ1n) is 5.08. The molecule has 0 spiro atoms. The number of hydrogen-bond acceptors (Lipinski definition) is 3. The summed E-state index contributed by atoms with van der Waals surface area (Å²) < 4.78 is 65.0. The van der Waals surface area contributed by atoms with E-state index >= 15 is 0 Å². The van der Waals surface area contributed by atoms with Gasteiger partial charge in [-0.05, 0) is 12.1 Å². The van der Waals surface area contributed by atoms with E-state index < -0.39 is 33.2 Å². The van der Waals surface area contributed by atoms with Crippen molar-refractivity contribution in [1.82, 2.24) is 4.98 Å². The molecule has 0 aliphatic rings. The van der Waals surface area contributed by atoms with Gasteiger partial charge in [-0.3, -0.25) is 4.72 Å². The lowest BCUT2D eigenvalue weighted by Gasteiger charge is -2.10. The second kappa shape index (κ2) is 5.29. The summed E-state index contributed by atoms with van der Waals surface area (Å²) in [6, 6.07) is 2.82. The van der Waals surface area contributed by atoms with Gasteiger partial charge in [0, 0.05) is 18.3 Å². The highest BCUT2D eigenvalue weighted by Gasteiger charge is 2.20. The highest BCUT2D eigenvalue weighted by atomic mass is 35.5. The Labute approximate surface area is 117 Å². The molecule has 1 aromatic heterocycles. The largest absolute Gasteiger partial charge is 0.274 e. The number of pyridine rings is 1. The SMILES string of the molecule is O=S(=O)(Nc1c(F)cc(F)cc1F)c1ccnc(Cl)c1. The Kier molecular flexibility index (Phi) is 3.87. The van der Waals surface area contributed by atoms with Crippen LogP contribution in [0, 0.1) is 17.5 Å². The number of aromatic nitrogens is 1. The number of hydrogen-bond donors (Lipinski definition) is 1. The Morgan fingerprint density at radius 1 is 1.10 bits per heavy atom. The van der Waals surface area contributed by atoms with Gasteiger partial charge < -0.3 is 0 Å². The number of sulfonamides is 1. The highest BCUT2D eigenvalue weighted by Crippen LogP contribution is 2.24. The van der Waals surface area contributed by atoms with E-state index in [0.717, 1.165) is 18.3 Å². The molecule has 1 N–H and O–H groups in total. The second-order valence-corrected chi connectivity index (χ2v) is 5.73. The highest BCUT2D eigenvalue weighted by molar-refractivity contribution is 7.92. The van der Waals surface area contributed by atoms with Crippen LogP contribution in [-0.2, 0) is 10.0 Å². The van der Waals surface area contributed by atoms with E-state index in [4.69, 9.17) is 11.6 Å². The molecule has 0 aliphatic carbocycles. The summed E-state index contributed by atoms with van der Waals surface area (Å²) in [5.74, 6) is -3.90. The zero-order valence-electron chi connectivity index (χ0n) is 9.57. The van der Waals surface area contributed by atoms with E-state index in [2.05, 4.69) is 4.98 Å². The van der Waals surface area contributed by atoms with Crippen molar-refractivity contribution in [2.75, 3.05) is 4.72 Å². The molecule has 0 saturated carbocycles. The van der Waals surface area contributed by atoms with Gasteiger partial charge in [0.2, 0.25) is 0 Å². The van der Waals surface area contributed by atoms with Gasteiger partial charge >= 0.3 is 0 Å².